The lowest BCUT2D eigenvalue weighted by atomic mass is 9.93. The predicted molar refractivity (Wildman–Crippen MR) is 304 cm³/mol. The molecule has 4 heteroatoms. The first kappa shape index (κ1) is 42.0. The summed E-state index contributed by atoms with van der Waals surface area (Å²) in [6.07, 6.45) is 7.73. The fourth-order valence-electron chi connectivity index (χ4n) is 12.6. The Labute approximate surface area is 417 Å². The number of rotatable bonds is 5. The van der Waals surface area contributed by atoms with Crippen molar-refractivity contribution in [3.63, 3.8) is 0 Å². The molecule has 0 N–H and O–H groups in total. The zero-order valence-corrected chi connectivity index (χ0v) is 41.8. The molecule has 0 spiro atoms. The van der Waals surface area contributed by atoms with Crippen molar-refractivity contribution in [3.8, 4) is 44.8 Å². The lowest BCUT2D eigenvalue weighted by molar-refractivity contribution is 0.540. The molecule has 0 unspecified atom stereocenters. The van der Waals surface area contributed by atoms with Crippen molar-refractivity contribution >= 4 is 92.2 Å². The third kappa shape index (κ3) is 6.54. The number of fused-ring (bicyclic) bond motifs is 12. The molecule has 13 aromatic rings. The number of benzene rings is 9. The largest absolute Gasteiger partial charge is 0.460 e. The van der Waals surface area contributed by atoms with Crippen LogP contribution in [-0.4, -0.2) is 9.13 Å². The Bertz CT molecular complexity index is 4400. The van der Waals surface area contributed by atoms with Gasteiger partial charge in [-0.15, -0.1) is 11.3 Å². The average molecular weight is 933 g/mol. The first-order valence-electron chi connectivity index (χ1n) is 25.1. The highest BCUT2D eigenvalue weighted by Crippen LogP contribution is 2.44. The summed E-state index contributed by atoms with van der Waals surface area (Å²) in [6, 6.07) is 60.3. The zero-order chi connectivity index (χ0) is 47.8. The second kappa shape index (κ2) is 15.8. The van der Waals surface area contributed by atoms with Crippen LogP contribution in [0, 0.1) is 41.5 Å². The highest BCUT2D eigenvalue weighted by Gasteiger charge is 2.21. The molecule has 4 aromatic heterocycles. The van der Waals surface area contributed by atoms with E-state index in [1.807, 2.05) is 11.3 Å². The summed E-state index contributed by atoms with van der Waals surface area (Å²) in [6.45, 7) is 13.4. The molecule has 14 rings (SSSR count). The van der Waals surface area contributed by atoms with Crippen LogP contribution in [0.3, 0.4) is 0 Å². The van der Waals surface area contributed by atoms with E-state index >= 15 is 0 Å². The SMILES string of the molecule is Cc1cc(C)c(-c2ccc3c(c2)c2ccc(-c4ccc5c6cc(-c7c(C)cc(C)cc7C)ccc6n(-c6ccc7sc8ccccc8c7c6)c5c4)cc2n3-c2ccc3oc4c(c3c2)C=CCCC4)c(C)c1. The van der Waals surface area contributed by atoms with Gasteiger partial charge in [0.15, 0.2) is 0 Å². The number of hydrogen-bond donors (Lipinski definition) is 0. The summed E-state index contributed by atoms with van der Waals surface area (Å²) in [7, 11) is 0. The fraction of sp³-hybridized carbons (Fsp3) is 0.134. The summed E-state index contributed by atoms with van der Waals surface area (Å²) in [4.78, 5) is 0. The Balaban J connectivity index is 1.00. The number of aryl methyl sites for hydroxylation is 7. The smallest absolute Gasteiger partial charge is 0.135 e. The van der Waals surface area contributed by atoms with E-state index < -0.39 is 0 Å². The van der Waals surface area contributed by atoms with Gasteiger partial charge in [0.25, 0.3) is 0 Å². The van der Waals surface area contributed by atoms with E-state index in [1.165, 1.54) is 147 Å². The number of aromatic nitrogens is 2. The predicted octanol–water partition coefficient (Wildman–Crippen LogP) is 19.2. The normalized spacial score (nSPS) is 13.0. The Morgan fingerprint density at radius 3 is 1.56 bits per heavy atom. The highest BCUT2D eigenvalue weighted by atomic mass is 32.1. The molecule has 0 saturated heterocycles. The molecule has 0 amide bonds. The average Bonchev–Trinajstić information content (AvgIpc) is 4.05. The van der Waals surface area contributed by atoms with Crippen LogP contribution in [-0.2, 0) is 6.42 Å². The Morgan fingerprint density at radius 2 is 0.958 bits per heavy atom. The number of nitrogens with zero attached hydrogens (tertiary/aromatic N) is 2. The van der Waals surface area contributed by atoms with Crippen molar-refractivity contribution in [2.75, 3.05) is 0 Å². The number of allylic oxidation sites excluding steroid dienone is 1. The summed E-state index contributed by atoms with van der Waals surface area (Å²) >= 11 is 1.87. The Kier molecular flexibility index (Phi) is 9.35. The minimum absolute atomic E-state index is 0.950. The van der Waals surface area contributed by atoms with Gasteiger partial charge < -0.3 is 13.6 Å². The van der Waals surface area contributed by atoms with Crippen LogP contribution in [0.2, 0.25) is 0 Å². The van der Waals surface area contributed by atoms with Crippen molar-refractivity contribution in [2.45, 2.75) is 60.8 Å². The molecular formula is C67H52N2OS. The molecule has 0 aliphatic heterocycles. The standard InChI is InChI=1S/C67H52N2OS/c1-38-28-40(3)66(41(4)29-38)46-18-24-58-54(32-46)50-22-16-44(34-60(50)68(58)48-20-26-63-56(36-48)52-12-8-7-9-14-62(52)70-63)45-17-23-51-55-33-47(67-42(5)30-39(2)31-43(67)6)19-25-59(55)69(61(51)35-45)49-21-27-65-57(37-49)53-13-10-11-15-64(53)71-65/h8,10-13,15-37H,7,9,14H2,1-6H3. The second-order valence-corrected chi connectivity index (χ2v) is 21.4. The van der Waals surface area contributed by atoms with Gasteiger partial charge in [-0.25, -0.2) is 0 Å². The maximum Gasteiger partial charge on any atom is 0.135 e. The molecule has 0 atom stereocenters. The molecule has 1 aliphatic rings. The van der Waals surface area contributed by atoms with E-state index in [0.717, 1.165) is 36.3 Å². The number of hydrogen-bond acceptors (Lipinski definition) is 2. The highest BCUT2D eigenvalue weighted by molar-refractivity contribution is 7.25. The molecule has 4 heterocycles. The quantitative estimate of drug-likeness (QED) is 0.169. The topological polar surface area (TPSA) is 23.0 Å². The molecule has 9 aromatic carbocycles. The van der Waals surface area contributed by atoms with E-state index in [1.54, 1.807) is 0 Å². The van der Waals surface area contributed by atoms with Crippen LogP contribution in [0.5, 0.6) is 0 Å². The van der Waals surface area contributed by atoms with Crippen LogP contribution >= 0.6 is 11.3 Å². The summed E-state index contributed by atoms with van der Waals surface area (Å²) in [5.41, 5.74) is 24.6. The van der Waals surface area contributed by atoms with Gasteiger partial charge in [-0.05, 0) is 189 Å². The van der Waals surface area contributed by atoms with Gasteiger partial charge in [0.2, 0.25) is 0 Å². The number of furan rings is 1. The third-order valence-electron chi connectivity index (χ3n) is 15.5. The van der Waals surface area contributed by atoms with Crippen molar-refractivity contribution in [2.24, 2.45) is 0 Å². The molecule has 0 bridgehead atoms. The first-order chi connectivity index (χ1) is 34.6. The van der Waals surface area contributed by atoms with Crippen molar-refractivity contribution in [1.82, 2.24) is 9.13 Å². The van der Waals surface area contributed by atoms with Gasteiger partial charge >= 0.3 is 0 Å². The van der Waals surface area contributed by atoms with Gasteiger partial charge in [0.1, 0.15) is 11.3 Å². The molecule has 1 aliphatic carbocycles. The number of thiophene rings is 1. The van der Waals surface area contributed by atoms with Gasteiger partial charge in [-0.3, -0.25) is 0 Å². The maximum absolute atomic E-state index is 6.51. The van der Waals surface area contributed by atoms with E-state index in [2.05, 4.69) is 221 Å². The summed E-state index contributed by atoms with van der Waals surface area (Å²) in [5.74, 6) is 1.09. The molecular weight excluding hydrogens is 881 g/mol. The van der Waals surface area contributed by atoms with Crippen molar-refractivity contribution < 1.29 is 4.42 Å². The molecule has 342 valence electrons. The fourth-order valence-corrected chi connectivity index (χ4v) is 13.7. The van der Waals surface area contributed by atoms with Crippen LogP contribution in [0.4, 0.5) is 0 Å². The zero-order valence-electron chi connectivity index (χ0n) is 41.0. The molecule has 0 fully saturated rings. The lowest BCUT2D eigenvalue weighted by Crippen LogP contribution is -1.95. The summed E-state index contributed by atoms with van der Waals surface area (Å²) in [5, 5.41) is 8.76. The minimum atomic E-state index is 0.950. The Hall–Kier alpha value is -7.92. The molecule has 71 heavy (non-hydrogen) atoms. The summed E-state index contributed by atoms with van der Waals surface area (Å²) < 4.78 is 14.1. The molecule has 3 nitrogen and oxygen atoms in total. The molecule has 0 saturated carbocycles. The maximum atomic E-state index is 6.51. The van der Waals surface area contributed by atoms with Crippen molar-refractivity contribution in [1.29, 1.82) is 0 Å². The minimum Gasteiger partial charge on any atom is -0.460 e. The van der Waals surface area contributed by atoms with E-state index in [4.69, 9.17) is 4.42 Å². The second-order valence-electron chi connectivity index (χ2n) is 20.3. The first-order valence-corrected chi connectivity index (χ1v) is 25.9. The van der Waals surface area contributed by atoms with E-state index in [9.17, 15) is 0 Å². The van der Waals surface area contributed by atoms with Gasteiger partial charge in [0, 0.05) is 70.5 Å². The van der Waals surface area contributed by atoms with Gasteiger partial charge in [-0.2, -0.15) is 0 Å². The van der Waals surface area contributed by atoms with Crippen LogP contribution in [0.1, 0.15) is 57.5 Å². The van der Waals surface area contributed by atoms with Crippen LogP contribution < -0.4 is 0 Å². The van der Waals surface area contributed by atoms with Crippen LogP contribution in [0.15, 0.2) is 168 Å². The van der Waals surface area contributed by atoms with Gasteiger partial charge in [-0.1, -0.05) is 102 Å². The van der Waals surface area contributed by atoms with Crippen molar-refractivity contribution in [3.05, 3.63) is 209 Å². The monoisotopic (exact) mass is 932 g/mol. The van der Waals surface area contributed by atoms with E-state index in [-0.39, 0.29) is 0 Å². The Morgan fingerprint density at radius 1 is 0.423 bits per heavy atom. The molecule has 0 radical (unpaired) electrons. The van der Waals surface area contributed by atoms with Crippen LogP contribution in [0.25, 0.3) is 126 Å². The van der Waals surface area contributed by atoms with E-state index in [0.29, 0.717) is 0 Å². The lowest BCUT2D eigenvalue weighted by Gasteiger charge is -2.13. The third-order valence-corrected chi connectivity index (χ3v) is 16.7. The van der Waals surface area contributed by atoms with Gasteiger partial charge in [0.05, 0.1) is 22.1 Å².